The molecule has 2 aromatic rings. The average Bonchev–Trinajstić information content (AvgIpc) is 2.71. The molecule has 2 rings (SSSR count). The first kappa shape index (κ1) is 14.2. The molecule has 0 unspecified atom stereocenters. The Labute approximate surface area is 118 Å². The van der Waals surface area contributed by atoms with E-state index in [0.29, 0.717) is 12.2 Å². The lowest BCUT2D eigenvalue weighted by Crippen LogP contribution is -2.11. The van der Waals surface area contributed by atoms with E-state index in [9.17, 15) is 4.79 Å². The lowest BCUT2D eigenvalue weighted by molar-refractivity contribution is 0.0689. The first-order chi connectivity index (χ1) is 9.29. The van der Waals surface area contributed by atoms with E-state index in [1.54, 1.807) is 11.6 Å². The van der Waals surface area contributed by atoms with Gasteiger partial charge < -0.3 is 5.11 Å². The van der Waals surface area contributed by atoms with Crippen molar-refractivity contribution in [1.29, 1.82) is 0 Å². The Balaban J connectivity index is 2.21. The smallest absolute Gasteiger partial charge is 0.358 e. The first-order valence-electron chi connectivity index (χ1n) is 6.52. The summed E-state index contributed by atoms with van der Waals surface area (Å²) in [5.74, 6) is -1.04. The largest absolute Gasteiger partial charge is 0.476 e. The van der Waals surface area contributed by atoms with Crippen molar-refractivity contribution in [3.8, 4) is 0 Å². The summed E-state index contributed by atoms with van der Waals surface area (Å²) in [6.07, 6.45) is 0. The Hall–Kier alpha value is -2.17. The molecule has 5 nitrogen and oxygen atoms in total. The summed E-state index contributed by atoms with van der Waals surface area (Å²) in [7, 11) is 0. The normalized spacial score (nSPS) is 11.6. The summed E-state index contributed by atoms with van der Waals surface area (Å²) in [4.78, 5) is 10.9. The number of aromatic carboxylic acids is 1. The second-order valence-electron chi connectivity index (χ2n) is 5.93. The first-order valence-corrected chi connectivity index (χ1v) is 6.52. The van der Waals surface area contributed by atoms with Gasteiger partial charge in [0.15, 0.2) is 5.69 Å². The average molecular weight is 273 g/mol. The van der Waals surface area contributed by atoms with Crippen molar-refractivity contribution >= 4 is 5.97 Å². The van der Waals surface area contributed by atoms with Crippen LogP contribution in [0.2, 0.25) is 0 Å². The SMILES string of the molecule is Cc1c(C(=O)O)nnn1Cc1ccc(C(C)(C)C)cc1. The van der Waals surface area contributed by atoms with Gasteiger partial charge >= 0.3 is 5.97 Å². The zero-order valence-electron chi connectivity index (χ0n) is 12.2. The maximum absolute atomic E-state index is 10.9. The Bertz CT molecular complexity index is 622. The zero-order valence-corrected chi connectivity index (χ0v) is 12.2. The minimum absolute atomic E-state index is 0.0105. The molecule has 0 saturated heterocycles. The van der Waals surface area contributed by atoms with E-state index >= 15 is 0 Å². The molecular weight excluding hydrogens is 254 g/mol. The van der Waals surface area contributed by atoms with E-state index in [-0.39, 0.29) is 11.1 Å². The number of rotatable bonds is 3. The molecule has 20 heavy (non-hydrogen) atoms. The number of hydrogen-bond donors (Lipinski definition) is 1. The van der Waals surface area contributed by atoms with Gasteiger partial charge in [-0.3, -0.25) is 0 Å². The van der Waals surface area contributed by atoms with Crippen molar-refractivity contribution in [3.63, 3.8) is 0 Å². The van der Waals surface area contributed by atoms with E-state index in [4.69, 9.17) is 5.11 Å². The molecule has 0 atom stereocenters. The number of carbonyl (C=O) groups is 1. The predicted molar refractivity (Wildman–Crippen MR) is 76.0 cm³/mol. The van der Waals surface area contributed by atoms with Crippen LogP contribution in [0.1, 0.15) is 48.1 Å². The minimum atomic E-state index is -1.04. The molecule has 5 heteroatoms. The van der Waals surface area contributed by atoms with Gasteiger partial charge in [-0.25, -0.2) is 9.48 Å². The molecule has 1 aromatic heterocycles. The fraction of sp³-hybridized carbons (Fsp3) is 0.400. The molecule has 1 N–H and O–H groups in total. The highest BCUT2D eigenvalue weighted by molar-refractivity contribution is 5.86. The van der Waals surface area contributed by atoms with E-state index in [0.717, 1.165) is 5.56 Å². The fourth-order valence-corrected chi connectivity index (χ4v) is 1.99. The lowest BCUT2D eigenvalue weighted by atomic mass is 9.87. The number of benzene rings is 1. The van der Waals surface area contributed by atoms with Crippen LogP contribution in [-0.4, -0.2) is 26.1 Å². The van der Waals surface area contributed by atoms with Crippen LogP contribution in [0.4, 0.5) is 0 Å². The number of carboxylic acid groups (broad SMARTS) is 1. The van der Waals surface area contributed by atoms with Gasteiger partial charge in [-0.05, 0) is 23.5 Å². The van der Waals surface area contributed by atoms with Crippen LogP contribution < -0.4 is 0 Å². The highest BCUT2D eigenvalue weighted by Gasteiger charge is 2.16. The van der Waals surface area contributed by atoms with Gasteiger partial charge in [0.05, 0.1) is 12.2 Å². The number of nitrogens with zero attached hydrogens (tertiary/aromatic N) is 3. The molecule has 106 valence electrons. The monoisotopic (exact) mass is 273 g/mol. The summed E-state index contributed by atoms with van der Waals surface area (Å²) < 4.78 is 1.61. The maximum Gasteiger partial charge on any atom is 0.358 e. The van der Waals surface area contributed by atoms with Crippen LogP contribution in [0.5, 0.6) is 0 Å². The molecular formula is C15H19N3O2. The van der Waals surface area contributed by atoms with Crippen LogP contribution in [0, 0.1) is 6.92 Å². The summed E-state index contributed by atoms with van der Waals surface area (Å²) in [6.45, 7) is 8.75. The molecule has 0 amide bonds. The highest BCUT2D eigenvalue weighted by Crippen LogP contribution is 2.22. The minimum Gasteiger partial charge on any atom is -0.476 e. The van der Waals surface area contributed by atoms with Crippen molar-refractivity contribution in [1.82, 2.24) is 15.0 Å². The van der Waals surface area contributed by atoms with E-state index in [1.807, 2.05) is 12.1 Å². The van der Waals surface area contributed by atoms with Gasteiger partial charge in [0.2, 0.25) is 0 Å². The van der Waals surface area contributed by atoms with Crippen molar-refractivity contribution in [2.45, 2.75) is 39.7 Å². The van der Waals surface area contributed by atoms with Gasteiger partial charge in [0, 0.05) is 0 Å². The molecule has 0 radical (unpaired) electrons. The highest BCUT2D eigenvalue weighted by atomic mass is 16.4. The third kappa shape index (κ3) is 2.87. The maximum atomic E-state index is 10.9. The number of hydrogen-bond acceptors (Lipinski definition) is 3. The van der Waals surface area contributed by atoms with Crippen molar-refractivity contribution in [3.05, 3.63) is 46.8 Å². The van der Waals surface area contributed by atoms with Crippen molar-refractivity contribution in [2.75, 3.05) is 0 Å². The zero-order chi connectivity index (χ0) is 14.9. The van der Waals surface area contributed by atoms with Crippen LogP contribution in [-0.2, 0) is 12.0 Å². The summed E-state index contributed by atoms with van der Waals surface area (Å²) in [6, 6.07) is 8.28. The Kier molecular flexibility index (Phi) is 3.61. The quantitative estimate of drug-likeness (QED) is 0.933. The molecule has 0 fully saturated rings. The molecule has 0 aliphatic rings. The Morgan fingerprint density at radius 2 is 1.85 bits per heavy atom. The van der Waals surface area contributed by atoms with Crippen LogP contribution in [0.25, 0.3) is 0 Å². The second kappa shape index (κ2) is 5.07. The molecule has 0 aliphatic carbocycles. The Morgan fingerprint density at radius 3 is 2.30 bits per heavy atom. The van der Waals surface area contributed by atoms with Gasteiger partial charge in [0.1, 0.15) is 0 Å². The van der Waals surface area contributed by atoms with E-state index in [1.165, 1.54) is 5.56 Å². The van der Waals surface area contributed by atoms with Crippen LogP contribution in [0.15, 0.2) is 24.3 Å². The molecule has 1 heterocycles. The number of carboxylic acids is 1. The second-order valence-corrected chi connectivity index (χ2v) is 5.93. The topological polar surface area (TPSA) is 68.0 Å². The Morgan fingerprint density at radius 1 is 1.25 bits per heavy atom. The molecule has 1 aromatic carbocycles. The summed E-state index contributed by atoms with van der Waals surface area (Å²) in [5.41, 5.74) is 3.04. The molecule has 0 bridgehead atoms. The molecule has 0 aliphatic heterocycles. The van der Waals surface area contributed by atoms with Crippen LogP contribution >= 0.6 is 0 Å². The standard InChI is InChI=1S/C15H19N3O2/c1-10-13(14(19)20)16-17-18(10)9-11-5-7-12(8-6-11)15(2,3)4/h5-8H,9H2,1-4H3,(H,19,20). The van der Waals surface area contributed by atoms with Crippen molar-refractivity contribution in [2.24, 2.45) is 0 Å². The van der Waals surface area contributed by atoms with Crippen molar-refractivity contribution < 1.29 is 9.90 Å². The van der Waals surface area contributed by atoms with Gasteiger partial charge in [-0.1, -0.05) is 50.3 Å². The predicted octanol–water partition coefficient (Wildman–Crippen LogP) is 2.63. The fourth-order valence-electron chi connectivity index (χ4n) is 1.99. The third-order valence-electron chi connectivity index (χ3n) is 3.34. The van der Waals surface area contributed by atoms with Crippen LogP contribution in [0.3, 0.4) is 0 Å². The van der Waals surface area contributed by atoms with Gasteiger partial charge in [-0.2, -0.15) is 0 Å². The van der Waals surface area contributed by atoms with E-state index < -0.39 is 5.97 Å². The third-order valence-corrected chi connectivity index (χ3v) is 3.34. The lowest BCUT2D eigenvalue weighted by Gasteiger charge is -2.19. The van der Waals surface area contributed by atoms with Gasteiger partial charge in [-0.15, -0.1) is 5.10 Å². The molecule has 0 spiro atoms. The van der Waals surface area contributed by atoms with E-state index in [2.05, 4.69) is 43.2 Å². The molecule has 0 saturated carbocycles. The number of aromatic nitrogens is 3. The van der Waals surface area contributed by atoms with Gasteiger partial charge in [0.25, 0.3) is 0 Å². The summed E-state index contributed by atoms with van der Waals surface area (Å²) >= 11 is 0. The summed E-state index contributed by atoms with van der Waals surface area (Å²) in [5, 5.41) is 16.5.